The minimum absolute atomic E-state index is 0.138. The SMILES string of the molecule is C=CCn1c(Cc2ccccc2)nnc1SCC(=O)Nc1sc2c(c1C#N)CCCCC2. The van der Waals surface area contributed by atoms with Crippen LogP contribution in [0.1, 0.15) is 46.7 Å². The van der Waals surface area contributed by atoms with Gasteiger partial charge in [0, 0.05) is 17.8 Å². The summed E-state index contributed by atoms with van der Waals surface area (Å²) in [7, 11) is 0. The third-order valence-corrected chi connectivity index (χ3v) is 7.60. The van der Waals surface area contributed by atoms with Crippen molar-refractivity contribution in [3.63, 3.8) is 0 Å². The third-order valence-electron chi connectivity index (χ3n) is 5.43. The fourth-order valence-electron chi connectivity index (χ4n) is 3.89. The van der Waals surface area contributed by atoms with Crippen LogP contribution in [0.4, 0.5) is 5.00 Å². The van der Waals surface area contributed by atoms with Gasteiger partial charge in [0.05, 0.1) is 11.3 Å². The van der Waals surface area contributed by atoms with Gasteiger partial charge in [0.2, 0.25) is 5.91 Å². The van der Waals surface area contributed by atoms with Crippen molar-refractivity contribution in [2.24, 2.45) is 0 Å². The fourth-order valence-corrected chi connectivity index (χ4v) is 5.91. The highest BCUT2D eigenvalue weighted by molar-refractivity contribution is 7.99. The van der Waals surface area contributed by atoms with Gasteiger partial charge in [-0.2, -0.15) is 5.26 Å². The minimum atomic E-state index is -0.138. The van der Waals surface area contributed by atoms with Gasteiger partial charge >= 0.3 is 0 Å². The van der Waals surface area contributed by atoms with Gasteiger partial charge in [-0.1, -0.05) is 54.6 Å². The maximum absolute atomic E-state index is 12.7. The molecule has 0 unspecified atom stereocenters. The van der Waals surface area contributed by atoms with Crippen molar-refractivity contribution in [2.75, 3.05) is 11.1 Å². The number of anilines is 1. The Morgan fingerprint density at radius 2 is 2.06 bits per heavy atom. The Labute approximate surface area is 196 Å². The topological polar surface area (TPSA) is 83.6 Å². The van der Waals surface area contributed by atoms with Crippen LogP contribution in [0.15, 0.2) is 48.1 Å². The monoisotopic (exact) mass is 463 g/mol. The molecular weight excluding hydrogens is 438 g/mol. The predicted octanol–water partition coefficient (Wildman–Crippen LogP) is 4.99. The van der Waals surface area contributed by atoms with Crippen LogP contribution >= 0.6 is 23.1 Å². The molecule has 0 spiro atoms. The molecule has 0 aliphatic heterocycles. The van der Waals surface area contributed by atoms with Crippen molar-refractivity contribution in [2.45, 2.75) is 50.2 Å². The van der Waals surface area contributed by atoms with Crippen molar-refractivity contribution in [1.82, 2.24) is 14.8 Å². The Morgan fingerprint density at radius 1 is 1.25 bits per heavy atom. The summed E-state index contributed by atoms with van der Waals surface area (Å²) in [5.74, 6) is 0.905. The van der Waals surface area contributed by atoms with Gasteiger partial charge in [0.1, 0.15) is 16.9 Å². The van der Waals surface area contributed by atoms with E-state index in [1.165, 1.54) is 23.1 Å². The highest BCUT2D eigenvalue weighted by Gasteiger charge is 2.21. The number of aryl methyl sites for hydroxylation is 1. The summed E-state index contributed by atoms with van der Waals surface area (Å²) in [6.45, 7) is 4.42. The zero-order chi connectivity index (χ0) is 22.3. The number of amides is 1. The van der Waals surface area contributed by atoms with Gasteiger partial charge < -0.3 is 9.88 Å². The predicted molar refractivity (Wildman–Crippen MR) is 129 cm³/mol. The molecule has 164 valence electrons. The number of carbonyl (C=O) groups is 1. The van der Waals surface area contributed by atoms with Crippen LogP contribution in [0.2, 0.25) is 0 Å². The van der Waals surface area contributed by atoms with E-state index in [4.69, 9.17) is 0 Å². The largest absolute Gasteiger partial charge is 0.316 e. The molecule has 0 radical (unpaired) electrons. The Bertz CT molecular complexity index is 1140. The molecule has 4 rings (SSSR count). The maximum atomic E-state index is 12.7. The number of fused-ring (bicyclic) bond motifs is 1. The second kappa shape index (κ2) is 10.6. The van der Waals surface area contributed by atoms with Gasteiger partial charge in [-0.15, -0.1) is 28.1 Å². The number of nitriles is 1. The average molecular weight is 464 g/mol. The molecule has 0 fully saturated rings. The van der Waals surface area contributed by atoms with Crippen LogP contribution in [-0.2, 0) is 30.6 Å². The van der Waals surface area contributed by atoms with Crippen molar-refractivity contribution < 1.29 is 4.79 Å². The Morgan fingerprint density at radius 3 is 2.84 bits per heavy atom. The van der Waals surface area contributed by atoms with Crippen molar-refractivity contribution in [3.05, 3.63) is 70.4 Å². The second-order valence-corrected chi connectivity index (χ2v) is 9.73. The number of rotatable bonds is 8. The molecule has 0 atom stereocenters. The molecule has 1 aliphatic rings. The Balaban J connectivity index is 1.43. The number of thiophene rings is 1. The highest BCUT2D eigenvalue weighted by atomic mass is 32.2. The minimum Gasteiger partial charge on any atom is -0.316 e. The van der Waals surface area contributed by atoms with E-state index >= 15 is 0 Å². The van der Waals surface area contributed by atoms with Gasteiger partial charge in [-0.3, -0.25) is 4.79 Å². The van der Waals surface area contributed by atoms with Crippen molar-refractivity contribution in [3.8, 4) is 6.07 Å². The molecule has 1 amide bonds. The first kappa shape index (κ1) is 22.3. The first-order chi connectivity index (χ1) is 15.7. The van der Waals surface area contributed by atoms with Gasteiger partial charge in [0.25, 0.3) is 0 Å². The van der Waals surface area contributed by atoms with E-state index < -0.39 is 0 Å². The summed E-state index contributed by atoms with van der Waals surface area (Å²) in [5, 5.41) is 22.7. The number of allylic oxidation sites excluding steroid dienone is 1. The lowest BCUT2D eigenvalue weighted by Gasteiger charge is -2.08. The van der Waals surface area contributed by atoms with Gasteiger partial charge in [-0.25, -0.2) is 0 Å². The number of nitrogens with one attached hydrogen (secondary N) is 1. The van der Waals surface area contributed by atoms with Crippen molar-refractivity contribution >= 4 is 34.0 Å². The molecular formula is C24H25N5OS2. The molecule has 6 nitrogen and oxygen atoms in total. The molecule has 0 bridgehead atoms. The van der Waals surface area contributed by atoms with Crippen LogP contribution in [0, 0.1) is 11.3 Å². The van der Waals surface area contributed by atoms with E-state index in [1.807, 2.05) is 22.8 Å². The second-order valence-electron chi connectivity index (χ2n) is 7.68. The number of thioether (sulfide) groups is 1. The number of carbonyl (C=O) groups excluding carboxylic acids is 1. The van der Waals surface area contributed by atoms with Gasteiger partial charge in [-0.05, 0) is 36.8 Å². The zero-order valence-electron chi connectivity index (χ0n) is 17.8. The quantitative estimate of drug-likeness (QED) is 0.289. The van der Waals surface area contributed by atoms with Crippen LogP contribution in [-0.4, -0.2) is 26.4 Å². The van der Waals surface area contributed by atoms with Crippen LogP contribution in [0.5, 0.6) is 0 Å². The molecule has 1 N–H and O–H groups in total. The molecule has 2 heterocycles. The van der Waals surface area contributed by atoms with Crippen LogP contribution in [0.3, 0.4) is 0 Å². The lowest BCUT2D eigenvalue weighted by Crippen LogP contribution is -2.15. The number of hydrogen-bond acceptors (Lipinski definition) is 6. The summed E-state index contributed by atoms with van der Waals surface area (Å²) in [5.41, 5.74) is 2.93. The van der Waals surface area contributed by atoms with E-state index in [1.54, 1.807) is 17.4 Å². The van der Waals surface area contributed by atoms with Crippen LogP contribution in [0.25, 0.3) is 0 Å². The van der Waals surface area contributed by atoms with E-state index in [2.05, 4.69) is 40.3 Å². The third kappa shape index (κ3) is 5.12. The first-order valence-electron chi connectivity index (χ1n) is 10.7. The number of hydrogen-bond donors (Lipinski definition) is 1. The molecule has 3 aromatic rings. The Hall–Kier alpha value is -2.89. The molecule has 0 saturated carbocycles. The van der Waals surface area contributed by atoms with E-state index in [0.29, 0.717) is 28.7 Å². The van der Waals surface area contributed by atoms with E-state index in [0.717, 1.165) is 42.6 Å². The van der Waals surface area contributed by atoms with Crippen LogP contribution < -0.4 is 5.32 Å². The molecule has 2 aromatic heterocycles. The summed E-state index contributed by atoms with van der Waals surface area (Å²) >= 11 is 2.90. The molecule has 0 saturated heterocycles. The summed E-state index contributed by atoms with van der Waals surface area (Å²) in [6, 6.07) is 12.4. The molecule has 1 aliphatic carbocycles. The number of benzene rings is 1. The average Bonchev–Trinajstić information content (AvgIpc) is 3.24. The molecule has 8 heteroatoms. The lowest BCUT2D eigenvalue weighted by atomic mass is 10.1. The number of nitrogens with zero attached hydrogens (tertiary/aromatic N) is 4. The highest BCUT2D eigenvalue weighted by Crippen LogP contribution is 2.37. The molecule has 1 aromatic carbocycles. The number of aromatic nitrogens is 3. The summed E-state index contributed by atoms with van der Waals surface area (Å²) in [6.07, 6.45) is 7.84. The summed E-state index contributed by atoms with van der Waals surface area (Å²) < 4.78 is 1.99. The maximum Gasteiger partial charge on any atom is 0.235 e. The van der Waals surface area contributed by atoms with Crippen molar-refractivity contribution in [1.29, 1.82) is 5.26 Å². The standard InChI is InChI=1S/C24H25N5OS2/c1-2-13-29-21(14-17-9-5-3-6-10-17)27-28-24(29)31-16-22(30)26-23-19(15-25)18-11-7-4-8-12-20(18)32-23/h2-3,5-6,9-10H,1,4,7-8,11-14,16H2,(H,26,30). The smallest absolute Gasteiger partial charge is 0.235 e. The Kier molecular flexibility index (Phi) is 7.40. The van der Waals surface area contributed by atoms with Gasteiger partial charge in [0.15, 0.2) is 5.16 Å². The molecule has 32 heavy (non-hydrogen) atoms. The zero-order valence-corrected chi connectivity index (χ0v) is 19.5. The normalized spacial score (nSPS) is 13.1. The fraction of sp³-hybridized carbons (Fsp3) is 0.333. The lowest BCUT2D eigenvalue weighted by molar-refractivity contribution is -0.113. The van der Waals surface area contributed by atoms with E-state index in [9.17, 15) is 10.1 Å². The first-order valence-corrected chi connectivity index (χ1v) is 12.5. The summed E-state index contributed by atoms with van der Waals surface area (Å²) in [4.78, 5) is 13.9. The van der Waals surface area contributed by atoms with E-state index in [-0.39, 0.29) is 11.7 Å².